The molecule has 36 heavy (non-hydrogen) atoms. The van der Waals surface area contributed by atoms with E-state index in [2.05, 4.69) is 28.8 Å². The third kappa shape index (κ3) is 3.22. The molecule has 2 amide bonds. The van der Waals surface area contributed by atoms with Gasteiger partial charge in [-0.05, 0) is 63.6 Å². The summed E-state index contributed by atoms with van der Waals surface area (Å²) in [6, 6.07) is 16.4. The molecule has 1 aliphatic heterocycles. The van der Waals surface area contributed by atoms with Crippen molar-refractivity contribution in [1.82, 2.24) is 14.9 Å². The number of likely N-dealkylation sites (N-methyl/N-ethyl adjacent to an activating group) is 1. The van der Waals surface area contributed by atoms with Crippen LogP contribution in [0.15, 0.2) is 59.5 Å². The van der Waals surface area contributed by atoms with E-state index in [1.54, 1.807) is 18.2 Å². The Balaban J connectivity index is 1.60. The Morgan fingerprint density at radius 1 is 0.722 bits per heavy atom. The normalized spacial score (nSPS) is 14.1. The van der Waals surface area contributed by atoms with Crippen LogP contribution < -0.4 is 10.0 Å². The number of carbonyl (C=O) groups is 2. The van der Waals surface area contributed by atoms with Crippen LogP contribution >= 0.6 is 0 Å². The van der Waals surface area contributed by atoms with Crippen molar-refractivity contribution in [1.29, 1.82) is 0 Å². The standard InChI is InChI=1S/C28H25N3O4S/c1-3-31(4-2)15-14-29-36(34,35)23-13-12-17-19-9-11-22-26-21(27(32)30-28(22)33)10-8-18(25(19)26)16-6-5-7-20(23)24(16)17/h5-13,29H,3-4,14-15H2,1-2H3,(H,30,32,33). The van der Waals surface area contributed by atoms with Crippen molar-refractivity contribution in [2.24, 2.45) is 0 Å². The molecular weight excluding hydrogens is 474 g/mol. The van der Waals surface area contributed by atoms with Crippen LogP contribution in [0.3, 0.4) is 0 Å². The van der Waals surface area contributed by atoms with Gasteiger partial charge in [0.2, 0.25) is 10.0 Å². The van der Waals surface area contributed by atoms with Gasteiger partial charge in [0.05, 0.1) is 4.90 Å². The molecule has 5 aromatic rings. The predicted molar refractivity (Wildman–Crippen MR) is 142 cm³/mol. The first-order valence-electron chi connectivity index (χ1n) is 12.1. The maximum Gasteiger partial charge on any atom is 0.258 e. The van der Waals surface area contributed by atoms with Gasteiger partial charge in [-0.1, -0.05) is 50.2 Å². The number of hydrogen-bond acceptors (Lipinski definition) is 5. The number of amides is 2. The molecule has 0 spiro atoms. The Morgan fingerprint density at radius 2 is 1.28 bits per heavy atom. The molecule has 0 saturated carbocycles. The van der Waals surface area contributed by atoms with Crippen molar-refractivity contribution in [3.8, 4) is 0 Å². The van der Waals surface area contributed by atoms with Gasteiger partial charge in [0.15, 0.2) is 0 Å². The quantitative estimate of drug-likeness (QED) is 0.198. The van der Waals surface area contributed by atoms with Crippen molar-refractivity contribution in [3.05, 3.63) is 65.7 Å². The molecule has 7 nitrogen and oxygen atoms in total. The van der Waals surface area contributed by atoms with Crippen LogP contribution in [0.25, 0.3) is 43.1 Å². The second-order valence-electron chi connectivity index (χ2n) is 9.12. The summed E-state index contributed by atoms with van der Waals surface area (Å²) in [7, 11) is -3.74. The Morgan fingerprint density at radius 3 is 1.92 bits per heavy atom. The van der Waals surface area contributed by atoms with E-state index in [0.29, 0.717) is 35.0 Å². The summed E-state index contributed by atoms with van der Waals surface area (Å²) in [5.41, 5.74) is 0.940. The highest BCUT2D eigenvalue weighted by molar-refractivity contribution is 7.89. The predicted octanol–water partition coefficient (Wildman–Crippen LogP) is 4.24. The van der Waals surface area contributed by atoms with Gasteiger partial charge in [-0.3, -0.25) is 14.9 Å². The molecule has 6 rings (SSSR count). The monoisotopic (exact) mass is 499 g/mol. The van der Waals surface area contributed by atoms with Crippen molar-refractivity contribution < 1.29 is 18.0 Å². The minimum absolute atomic E-state index is 0.242. The maximum atomic E-state index is 13.4. The maximum absolute atomic E-state index is 13.4. The van der Waals surface area contributed by atoms with Crippen LogP contribution in [0.1, 0.15) is 34.6 Å². The van der Waals surface area contributed by atoms with Gasteiger partial charge >= 0.3 is 0 Å². The first kappa shape index (κ1) is 22.8. The van der Waals surface area contributed by atoms with E-state index in [1.807, 2.05) is 36.4 Å². The van der Waals surface area contributed by atoms with Gasteiger partial charge in [-0.15, -0.1) is 0 Å². The molecule has 182 valence electrons. The number of carbonyl (C=O) groups excluding carboxylic acids is 2. The molecule has 1 heterocycles. The highest BCUT2D eigenvalue weighted by atomic mass is 32.2. The second-order valence-corrected chi connectivity index (χ2v) is 10.9. The zero-order valence-corrected chi connectivity index (χ0v) is 20.8. The topological polar surface area (TPSA) is 95.6 Å². The van der Waals surface area contributed by atoms with Crippen molar-refractivity contribution >= 4 is 64.9 Å². The fourth-order valence-corrected chi connectivity index (χ4v) is 6.80. The molecular formula is C28H25N3O4S. The number of hydrogen-bond donors (Lipinski definition) is 2. The SMILES string of the molecule is CCN(CC)CCNS(=O)(=O)c1ccc2c3ccc4c5c(ccc(c6cccc1c62)c53)C(=O)NC4=O. The van der Waals surface area contributed by atoms with E-state index in [-0.39, 0.29) is 4.90 Å². The highest BCUT2D eigenvalue weighted by Gasteiger charge is 2.28. The van der Waals surface area contributed by atoms with Crippen LogP contribution in [0.2, 0.25) is 0 Å². The number of rotatable bonds is 7. The van der Waals surface area contributed by atoms with Crippen molar-refractivity contribution in [2.45, 2.75) is 18.7 Å². The fraction of sp³-hybridized carbons (Fsp3) is 0.214. The van der Waals surface area contributed by atoms with E-state index in [1.165, 1.54) is 0 Å². The van der Waals surface area contributed by atoms with Gasteiger partial charge in [-0.2, -0.15) is 0 Å². The van der Waals surface area contributed by atoms with E-state index in [9.17, 15) is 18.0 Å². The molecule has 0 fully saturated rings. The zero-order chi connectivity index (χ0) is 25.2. The lowest BCUT2D eigenvalue weighted by atomic mass is 9.85. The minimum atomic E-state index is -3.74. The molecule has 8 heteroatoms. The lowest BCUT2D eigenvalue weighted by Gasteiger charge is -2.22. The fourth-order valence-electron chi connectivity index (χ4n) is 5.58. The summed E-state index contributed by atoms with van der Waals surface area (Å²) in [5.74, 6) is -0.810. The Hall–Kier alpha value is -3.59. The molecule has 5 aromatic carbocycles. The van der Waals surface area contributed by atoms with E-state index in [4.69, 9.17) is 0 Å². The minimum Gasteiger partial charge on any atom is -0.303 e. The Bertz CT molecular complexity index is 1760. The molecule has 0 unspecified atom stereocenters. The lowest BCUT2D eigenvalue weighted by molar-refractivity contribution is 0.0845. The molecule has 0 radical (unpaired) electrons. The van der Waals surface area contributed by atoms with Gasteiger partial charge in [0.25, 0.3) is 11.8 Å². The van der Waals surface area contributed by atoms with Gasteiger partial charge in [0.1, 0.15) is 0 Å². The molecule has 2 N–H and O–H groups in total. The first-order valence-corrected chi connectivity index (χ1v) is 13.6. The number of nitrogens with zero attached hydrogens (tertiary/aromatic N) is 1. The highest BCUT2D eigenvalue weighted by Crippen LogP contribution is 2.44. The average Bonchev–Trinajstić information content (AvgIpc) is 2.88. The van der Waals surface area contributed by atoms with Crippen LogP contribution in [0, 0.1) is 0 Å². The molecule has 1 aliphatic rings. The van der Waals surface area contributed by atoms with Crippen LogP contribution in [0.5, 0.6) is 0 Å². The molecule has 0 saturated heterocycles. The van der Waals surface area contributed by atoms with Crippen LogP contribution in [-0.4, -0.2) is 51.3 Å². The second kappa shape index (κ2) is 8.23. The van der Waals surface area contributed by atoms with E-state index in [0.717, 1.165) is 45.4 Å². The third-order valence-corrected chi connectivity index (χ3v) is 8.88. The Kier molecular flexibility index (Phi) is 5.22. The number of imide groups is 1. The smallest absolute Gasteiger partial charge is 0.258 e. The number of nitrogens with one attached hydrogen (secondary N) is 2. The largest absolute Gasteiger partial charge is 0.303 e. The summed E-state index contributed by atoms with van der Waals surface area (Å²) in [6.07, 6.45) is 0. The summed E-state index contributed by atoms with van der Waals surface area (Å²) < 4.78 is 29.5. The molecule has 0 bridgehead atoms. The average molecular weight is 500 g/mol. The number of benzene rings is 5. The Labute approximate surface area is 208 Å². The van der Waals surface area contributed by atoms with Crippen molar-refractivity contribution in [3.63, 3.8) is 0 Å². The zero-order valence-electron chi connectivity index (χ0n) is 20.0. The van der Waals surface area contributed by atoms with Gasteiger partial charge in [0, 0.05) is 35.0 Å². The van der Waals surface area contributed by atoms with Gasteiger partial charge in [-0.25, -0.2) is 13.1 Å². The molecule has 0 aromatic heterocycles. The van der Waals surface area contributed by atoms with E-state index < -0.39 is 21.8 Å². The number of fused-ring (bicyclic) bond motifs is 2. The number of sulfonamides is 1. The molecule has 0 atom stereocenters. The molecule has 0 aliphatic carbocycles. The third-order valence-electron chi connectivity index (χ3n) is 7.36. The van der Waals surface area contributed by atoms with Crippen LogP contribution in [-0.2, 0) is 10.0 Å². The van der Waals surface area contributed by atoms with Crippen molar-refractivity contribution in [2.75, 3.05) is 26.2 Å². The summed E-state index contributed by atoms with van der Waals surface area (Å²) in [5, 5.41) is 8.95. The van der Waals surface area contributed by atoms with E-state index >= 15 is 0 Å². The lowest BCUT2D eigenvalue weighted by Crippen LogP contribution is -2.34. The van der Waals surface area contributed by atoms with Crippen LogP contribution in [0.4, 0.5) is 0 Å². The summed E-state index contributed by atoms with van der Waals surface area (Å²) >= 11 is 0. The summed E-state index contributed by atoms with van der Waals surface area (Å²) in [4.78, 5) is 27.5. The van der Waals surface area contributed by atoms with Gasteiger partial charge < -0.3 is 4.90 Å². The first-order chi connectivity index (χ1) is 17.4. The summed E-state index contributed by atoms with van der Waals surface area (Å²) in [6.45, 7) is 6.80.